The molecule has 0 aliphatic heterocycles. The van der Waals surface area contributed by atoms with Crippen LogP contribution in [0.15, 0.2) is 45.4 Å². The van der Waals surface area contributed by atoms with Crippen LogP contribution in [0.25, 0.3) is 11.1 Å². The van der Waals surface area contributed by atoms with E-state index in [9.17, 15) is 4.39 Å². The summed E-state index contributed by atoms with van der Waals surface area (Å²) in [7, 11) is 0. The van der Waals surface area contributed by atoms with E-state index in [0.29, 0.717) is 23.7 Å². The molecule has 0 saturated heterocycles. The van der Waals surface area contributed by atoms with Crippen LogP contribution in [-0.4, -0.2) is 11.5 Å². The van der Waals surface area contributed by atoms with Gasteiger partial charge in [0, 0.05) is 19.0 Å². The van der Waals surface area contributed by atoms with Crippen LogP contribution in [0.2, 0.25) is 0 Å². The fourth-order valence-electron chi connectivity index (χ4n) is 1.72. The molecule has 0 atom stereocenters. The monoisotopic (exact) mass is 246 g/mol. The third-order valence-electron chi connectivity index (χ3n) is 2.58. The number of rotatable bonds is 4. The predicted molar refractivity (Wildman–Crippen MR) is 64.9 cm³/mol. The van der Waals surface area contributed by atoms with Gasteiger partial charge < -0.3 is 14.2 Å². The summed E-state index contributed by atoms with van der Waals surface area (Å²) in [6.07, 6.45) is 2.37. The van der Waals surface area contributed by atoms with Gasteiger partial charge in [-0.25, -0.2) is 4.39 Å². The van der Waals surface area contributed by atoms with E-state index in [1.165, 1.54) is 12.1 Å². The molecule has 0 radical (unpaired) electrons. The molecule has 0 fully saturated rings. The molecule has 0 amide bonds. The summed E-state index contributed by atoms with van der Waals surface area (Å²) in [4.78, 5) is 4.14. The molecule has 92 valence electrons. The Morgan fingerprint density at radius 3 is 3.06 bits per heavy atom. The Kier molecular flexibility index (Phi) is 2.72. The lowest BCUT2D eigenvalue weighted by molar-refractivity contribution is 0.511. The van der Waals surface area contributed by atoms with Crippen molar-refractivity contribution in [2.45, 2.75) is 6.42 Å². The first kappa shape index (κ1) is 10.8. The van der Waals surface area contributed by atoms with Crippen LogP contribution in [0.5, 0.6) is 0 Å². The second-order valence-electron chi connectivity index (χ2n) is 3.89. The number of benzene rings is 1. The fraction of sp³-hybridized carbons (Fsp3) is 0.154. The second-order valence-corrected chi connectivity index (χ2v) is 3.89. The molecule has 4 nitrogen and oxygen atoms in total. The van der Waals surface area contributed by atoms with E-state index >= 15 is 0 Å². The Morgan fingerprint density at radius 2 is 2.22 bits per heavy atom. The number of nitrogens with zero attached hydrogens (tertiary/aromatic N) is 1. The summed E-state index contributed by atoms with van der Waals surface area (Å²) < 4.78 is 23.6. The Labute approximate surface area is 102 Å². The Hall–Kier alpha value is -2.30. The number of furan rings is 1. The zero-order valence-electron chi connectivity index (χ0n) is 9.52. The summed E-state index contributed by atoms with van der Waals surface area (Å²) in [6, 6.07) is 8.40. The van der Waals surface area contributed by atoms with Gasteiger partial charge in [-0.3, -0.25) is 0 Å². The molecule has 18 heavy (non-hydrogen) atoms. The quantitative estimate of drug-likeness (QED) is 0.768. The van der Waals surface area contributed by atoms with Crippen LogP contribution < -0.4 is 5.32 Å². The molecule has 1 aromatic carbocycles. The van der Waals surface area contributed by atoms with Crippen molar-refractivity contribution >= 4 is 17.1 Å². The van der Waals surface area contributed by atoms with Crippen molar-refractivity contribution in [3.8, 4) is 0 Å². The lowest BCUT2D eigenvalue weighted by Crippen LogP contribution is -2.04. The average molecular weight is 246 g/mol. The lowest BCUT2D eigenvalue weighted by Gasteiger charge is -1.98. The number of oxazole rings is 1. The van der Waals surface area contributed by atoms with E-state index in [4.69, 9.17) is 8.83 Å². The summed E-state index contributed by atoms with van der Waals surface area (Å²) in [5.41, 5.74) is 1.08. The van der Waals surface area contributed by atoms with Crippen LogP contribution >= 0.6 is 0 Å². The summed E-state index contributed by atoms with van der Waals surface area (Å²) in [6.45, 7) is 0.642. The molecule has 0 aliphatic carbocycles. The molecule has 0 spiro atoms. The first-order valence-corrected chi connectivity index (χ1v) is 5.63. The van der Waals surface area contributed by atoms with Gasteiger partial charge >= 0.3 is 0 Å². The van der Waals surface area contributed by atoms with E-state index < -0.39 is 0 Å². The van der Waals surface area contributed by atoms with Crippen molar-refractivity contribution in [3.63, 3.8) is 0 Å². The molecule has 2 aromatic heterocycles. The standard InChI is InChI=1S/C13H11FN2O2/c14-9-3-4-12-11(8-9)16-13(18-12)15-6-5-10-2-1-7-17-10/h1-4,7-8H,5-6H2,(H,15,16). The molecule has 5 heteroatoms. The van der Waals surface area contributed by atoms with Gasteiger partial charge in [-0.2, -0.15) is 4.98 Å². The number of hydrogen-bond donors (Lipinski definition) is 1. The number of fused-ring (bicyclic) bond motifs is 1. The Balaban J connectivity index is 1.67. The summed E-state index contributed by atoms with van der Waals surface area (Å²) in [5, 5.41) is 3.03. The van der Waals surface area contributed by atoms with E-state index in [1.54, 1.807) is 12.3 Å². The largest absolute Gasteiger partial charge is 0.469 e. The van der Waals surface area contributed by atoms with Crippen molar-refractivity contribution in [1.29, 1.82) is 0 Å². The fourth-order valence-corrected chi connectivity index (χ4v) is 1.72. The van der Waals surface area contributed by atoms with E-state index in [-0.39, 0.29) is 5.82 Å². The minimum atomic E-state index is -0.321. The maximum absolute atomic E-state index is 13.0. The van der Waals surface area contributed by atoms with E-state index in [2.05, 4.69) is 10.3 Å². The summed E-state index contributed by atoms with van der Waals surface area (Å²) in [5.74, 6) is 0.572. The van der Waals surface area contributed by atoms with Gasteiger partial charge in [-0.05, 0) is 24.3 Å². The molecule has 0 unspecified atom stereocenters. The zero-order chi connectivity index (χ0) is 12.4. The molecule has 3 rings (SSSR count). The van der Waals surface area contributed by atoms with E-state index in [1.807, 2.05) is 12.1 Å². The second kappa shape index (κ2) is 4.52. The zero-order valence-corrected chi connectivity index (χ0v) is 9.52. The maximum atomic E-state index is 13.0. The smallest absolute Gasteiger partial charge is 0.295 e. The molecule has 0 aliphatic rings. The van der Waals surface area contributed by atoms with Crippen molar-refractivity contribution in [2.24, 2.45) is 0 Å². The molecule has 0 saturated carbocycles. The topological polar surface area (TPSA) is 51.2 Å². The Bertz CT molecular complexity index is 646. The van der Waals surface area contributed by atoms with Crippen LogP contribution in [0, 0.1) is 5.82 Å². The van der Waals surface area contributed by atoms with Crippen molar-refractivity contribution in [1.82, 2.24) is 4.98 Å². The normalized spacial score (nSPS) is 10.9. The number of hydrogen-bond acceptors (Lipinski definition) is 4. The third kappa shape index (κ3) is 2.20. The summed E-state index contributed by atoms with van der Waals surface area (Å²) >= 11 is 0. The molecular weight excluding hydrogens is 235 g/mol. The third-order valence-corrected chi connectivity index (χ3v) is 2.58. The minimum Gasteiger partial charge on any atom is -0.469 e. The minimum absolute atomic E-state index is 0.321. The van der Waals surface area contributed by atoms with Gasteiger partial charge in [0.05, 0.1) is 6.26 Å². The predicted octanol–water partition coefficient (Wildman–Crippen LogP) is 3.21. The van der Waals surface area contributed by atoms with Gasteiger partial charge in [0.1, 0.15) is 17.1 Å². The number of nitrogens with one attached hydrogen (secondary N) is 1. The number of anilines is 1. The lowest BCUT2D eigenvalue weighted by atomic mass is 10.3. The van der Waals surface area contributed by atoms with Crippen LogP contribution in [-0.2, 0) is 6.42 Å². The van der Waals surface area contributed by atoms with Gasteiger partial charge in [0.2, 0.25) is 0 Å². The van der Waals surface area contributed by atoms with Gasteiger partial charge in [-0.1, -0.05) is 0 Å². The number of aromatic nitrogens is 1. The molecule has 2 heterocycles. The first-order chi connectivity index (χ1) is 8.81. The highest BCUT2D eigenvalue weighted by Crippen LogP contribution is 2.19. The van der Waals surface area contributed by atoms with Gasteiger partial charge in [0.15, 0.2) is 5.58 Å². The van der Waals surface area contributed by atoms with E-state index in [0.717, 1.165) is 12.2 Å². The highest BCUT2D eigenvalue weighted by Gasteiger charge is 2.06. The Morgan fingerprint density at radius 1 is 1.28 bits per heavy atom. The van der Waals surface area contributed by atoms with Crippen LogP contribution in [0.4, 0.5) is 10.4 Å². The van der Waals surface area contributed by atoms with Crippen LogP contribution in [0.3, 0.4) is 0 Å². The van der Waals surface area contributed by atoms with Gasteiger partial charge in [0.25, 0.3) is 6.01 Å². The van der Waals surface area contributed by atoms with Crippen LogP contribution in [0.1, 0.15) is 5.76 Å². The van der Waals surface area contributed by atoms with Crippen molar-refractivity contribution in [3.05, 3.63) is 48.2 Å². The SMILES string of the molecule is Fc1ccc2oc(NCCc3ccco3)nc2c1. The highest BCUT2D eigenvalue weighted by atomic mass is 19.1. The first-order valence-electron chi connectivity index (χ1n) is 5.63. The average Bonchev–Trinajstić information content (AvgIpc) is 2.97. The molecular formula is C13H11FN2O2. The maximum Gasteiger partial charge on any atom is 0.295 e. The molecule has 1 N–H and O–H groups in total. The number of halogens is 1. The van der Waals surface area contributed by atoms with Crippen molar-refractivity contribution in [2.75, 3.05) is 11.9 Å². The molecule has 3 aromatic rings. The molecule has 0 bridgehead atoms. The van der Waals surface area contributed by atoms with Crippen molar-refractivity contribution < 1.29 is 13.2 Å². The van der Waals surface area contributed by atoms with Gasteiger partial charge in [-0.15, -0.1) is 0 Å². The highest BCUT2D eigenvalue weighted by molar-refractivity contribution is 5.74.